The second kappa shape index (κ2) is 5.69. The summed E-state index contributed by atoms with van der Waals surface area (Å²) in [6, 6.07) is 10.0. The van der Waals surface area contributed by atoms with E-state index in [4.69, 9.17) is 5.73 Å². The van der Waals surface area contributed by atoms with E-state index in [2.05, 4.69) is 0 Å². The number of hydrogen-bond acceptors (Lipinski definition) is 2. The van der Waals surface area contributed by atoms with Crippen molar-refractivity contribution in [3.63, 3.8) is 0 Å². The number of amides is 1. The lowest BCUT2D eigenvalue weighted by molar-refractivity contribution is 0.0785. The van der Waals surface area contributed by atoms with Gasteiger partial charge in [-0.15, -0.1) is 0 Å². The fraction of sp³-hybridized carbons (Fsp3) is 0.133. The maximum absolute atomic E-state index is 13.3. The van der Waals surface area contributed by atoms with Crippen LogP contribution in [-0.4, -0.2) is 17.9 Å². The van der Waals surface area contributed by atoms with Gasteiger partial charge < -0.3 is 10.6 Å². The molecule has 0 saturated heterocycles. The molecule has 0 fully saturated rings. The van der Waals surface area contributed by atoms with Gasteiger partial charge in [0.2, 0.25) is 0 Å². The van der Waals surface area contributed by atoms with E-state index in [9.17, 15) is 13.6 Å². The van der Waals surface area contributed by atoms with E-state index >= 15 is 0 Å². The summed E-state index contributed by atoms with van der Waals surface area (Å²) in [7, 11) is 1.55. The highest BCUT2D eigenvalue weighted by Crippen LogP contribution is 2.18. The summed E-state index contributed by atoms with van der Waals surface area (Å²) < 4.78 is 26.4. The van der Waals surface area contributed by atoms with Crippen molar-refractivity contribution < 1.29 is 13.6 Å². The maximum Gasteiger partial charge on any atom is 0.256 e. The van der Waals surface area contributed by atoms with Gasteiger partial charge in [0.05, 0.1) is 11.3 Å². The minimum absolute atomic E-state index is 0.101. The van der Waals surface area contributed by atoms with Crippen LogP contribution in [-0.2, 0) is 6.54 Å². The third-order valence-corrected chi connectivity index (χ3v) is 2.94. The standard InChI is InChI=1S/C15H14F2N2O/c1-19(9-10-4-2-5-11(16)8-10)15(20)12-6-3-7-13(17)14(12)18/h2-8H,9,18H2,1H3. The first-order valence-electron chi connectivity index (χ1n) is 6.03. The number of nitrogens with zero attached hydrogens (tertiary/aromatic N) is 1. The summed E-state index contributed by atoms with van der Waals surface area (Å²) in [6.07, 6.45) is 0. The van der Waals surface area contributed by atoms with Crippen LogP contribution < -0.4 is 5.73 Å². The predicted octanol–water partition coefficient (Wildman–Crippen LogP) is 2.82. The molecule has 1 amide bonds. The molecule has 0 spiro atoms. The van der Waals surface area contributed by atoms with E-state index in [1.807, 2.05) is 0 Å². The summed E-state index contributed by atoms with van der Waals surface area (Å²) in [4.78, 5) is 13.6. The van der Waals surface area contributed by atoms with Gasteiger partial charge in [-0.05, 0) is 29.8 Å². The summed E-state index contributed by atoms with van der Waals surface area (Å²) in [6.45, 7) is 0.215. The van der Waals surface area contributed by atoms with Crippen LogP contribution in [0.1, 0.15) is 15.9 Å². The van der Waals surface area contributed by atoms with Crippen LogP contribution >= 0.6 is 0 Å². The zero-order valence-corrected chi connectivity index (χ0v) is 10.9. The normalized spacial score (nSPS) is 10.3. The highest BCUT2D eigenvalue weighted by atomic mass is 19.1. The van der Waals surface area contributed by atoms with Crippen molar-refractivity contribution in [3.05, 3.63) is 65.2 Å². The molecule has 0 unspecified atom stereocenters. The SMILES string of the molecule is CN(Cc1cccc(F)c1)C(=O)c1cccc(F)c1N. The molecular formula is C15H14F2N2O. The number of nitrogen functional groups attached to an aromatic ring is 1. The molecule has 5 heteroatoms. The van der Waals surface area contributed by atoms with Gasteiger partial charge in [-0.3, -0.25) is 4.79 Å². The number of nitrogens with two attached hydrogens (primary N) is 1. The molecule has 0 radical (unpaired) electrons. The Bertz CT molecular complexity index is 644. The van der Waals surface area contributed by atoms with Crippen LogP contribution in [0.2, 0.25) is 0 Å². The molecule has 2 aromatic rings. The summed E-state index contributed by atoms with van der Waals surface area (Å²) in [5.41, 5.74) is 6.13. The van der Waals surface area contributed by atoms with Gasteiger partial charge in [0.1, 0.15) is 11.6 Å². The van der Waals surface area contributed by atoms with E-state index in [0.717, 1.165) is 0 Å². The second-order valence-corrected chi connectivity index (χ2v) is 4.49. The molecule has 104 valence electrons. The number of carbonyl (C=O) groups is 1. The van der Waals surface area contributed by atoms with Gasteiger partial charge in [-0.1, -0.05) is 18.2 Å². The van der Waals surface area contributed by atoms with E-state index in [0.29, 0.717) is 5.56 Å². The Kier molecular flexibility index (Phi) is 3.98. The molecule has 0 aliphatic carbocycles. The number of rotatable bonds is 3. The molecule has 0 aliphatic heterocycles. The van der Waals surface area contributed by atoms with Crippen LogP contribution in [0.3, 0.4) is 0 Å². The number of benzene rings is 2. The predicted molar refractivity (Wildman–Crippen MR) is 73.0 cm³/mol. The molecule has 0 heterocycles. The highest BCUT2D eigenvalue weighted by molar-refractivity contribution is 5.99. The van der Waals surface area contributed by atoms with Gasteiger partial charge in [-0.25, -0.2) is 8.78 Å². The lowest BCUT2D eigenvalue weighted by atomic mass is 10.1. The lowest BCUT2D eigenvalue weighted by Gasteiger charge is -2.18. The number of halogens is 2. The number of anilines is 1. The van der Waals surface area contributed by atoms with Crippen molar-refractivity contribution in [2.24, 2.45) is 0 Å². The molecule has 0 atom stereocenters. The number of para-hydroxylation sites is 1. The fourth-order valence-electron chi connectivity index (χ4n) is 1.91. The number of carbonyl (C=O) groups excluding carboxylic acids is 1. The zero-order valence-electron chi connectivity index (χ0n) is 10.9. The zero-order chi connectivity index (χ0) is 14.7. The van der Waals surface area contributed by atoms with Crippen molar-refractivity contribution in [3.8, 4) is 0 Å². The average Bonchev–Trinajstić information content (AvgIpc) is 2.41. The van der Waals surface area contributed by atoms with E-state index in [-0.39, 0.29) is 23.6 Å². The van der Waals surface area contributed by atoms with Gasteiger partial charge in [-0.2, -0.15) is 0 Å². The van der Waals surface area contributed by atoms with Crippen LogP contribution in [0.4, 0.5) is 14.5 Å². The Labute approximate surface area is 115 Å². The molecule has 2 rings (SSSR count). The Morgan fingerprint density at radius 2 is 1.90 bits per heavy atom. The minimum atomic E-state index is -0.630. The molecule has 0 saturated carbocycles. The van der Waals surface area contributed by atoms with Gasteiger partial charge >= 0.3 is 0 Å². The van der Waals surface area contributed by atoms with Crippen LogP contribution in [0.5, 0.6) is 0 Å². The molecule has 0 aromatic heterocycles. The molecular weight excluding hydrogens is 262 g/mol. The Morgan fingerprint density at radius 3 is 2.60 bits per heavy atom. The van der Waals surface area contributed by atoms with Crippen molar-refractivity contribution in [2.75, 3.05) is 12.8 Å². The first kappa shape index (κ1) is 14.0. The van der Waals surface area contributed by atoms with Gasteiger partial charge in [0.25, 0.3) is 5.91 Å². The van der Waals surface area contributed by atoms with Crippen LogP contribution in [0.25, 0.3) is 0 Å². The molecule has 2 N–H and O–H groups in total. The van der Waals surface area contributed by atoms with Crippen molar-refractivity contribution in [1.82, 2.24) is 4.90 Å². The van der Waals surface area contributed by atoms with Crippen molar-refractivity contribution in [2.45, 2.75) is 6.54 Å². The summed E-state index contributed by atoms with van der Waals surface area (Å²) in [5, 5.41) is 0. The molecule has 0 aliphatic rings. The third kappa shape index (κ3) is 2.93. The molecule has 3 nitrogen and oxygen atoms in total. The van der Waals surface area contributed by atoms with Crippen LogP contribution in [0.15, 0.2) is 42.5 Å². The van der Waals surface area contributed by atoms with Gasteiger partial charge in [0, 0.05) is 13.6 Å². The Morgan fingerprint density at radius 1 is 1.20 bits per heavy atom. The van der Waals surface area contributed by atoms with Crippen molar-refractivity contribution in [1.29, 1.82) is 0 Å². The molecule has 2 aromatic carbocycles. The Balaban J connectivity index is 2.19. The fourth-order valence-corrected chi connectivity index (χ4v) is 1.91. The second-order valence-electron chi connectivity index (χ2n) is 4.49. The number of hydrogen-bond donors (Lipinski definition) is 1. The van der Waals surface area contributed by atoms with E-state index in [1.165, 1.54) is 35.2 Å². The summed E-state index contributed by atoms with van der Waals surface area (Å²) in [5.74, 6) is -1.41. The van der Waals surface area contributed by atoms with E-state index in [1.54, 1.807) is 19.2 Å². The van der Waals surface area contributed by atoms with E-state index < -0.39 is 11.7 Å². The first-order chi connectivity index (χ1) is 9.49. The summed E-state index contributed by atoms with van der Waals surface area (Å²) >= 11 is 0. The molecule has 0 bridgehead atoms. The lowest BCUT2D eigenvalue weighted by Crippen LogP contribution is -2.27. The smallest absolute Gasteiger partial charge is 0.256 e. The third-order valence-electron chi connectivity index (χ3n) is 2.94. The highest BCUT2D eigenvalue weighted by Gasteiger charge is 2.16. The minimum Gasteiger partial charge on any atom is -0.396 e. The quantitative estimate of drug-likeness (QED) is 0.876. The molecule has 20 heavy (non-hydrogen) atoms. The maximum atomic E-state index is 13.3. The Hall–Kier alpha value is -2.43. The first-order valence-corrected chi connectivity index (χ1v) is 6.03. The van der Waals surface area contributed by atoms with Crippen LogP contribution in [0, 0.1) is 11.6 Å². The van der Waals surface area contributed by atoms with Crippen molar-refractivity contribution >= 4 is 11.6 Å². The topological polar surface area (TPSA) is 46.3 Å². The van der Waals surface area contributed by atoms with Gasteiger partial charge in [0.15, 0.2) is 0 Å². The largest absolute Gasteiger partial charge is 0.396 e. The average molecular weight is 276 g/mol. The monoisotopic (exact) mass is 276 g/mol.